The minimum Gasteiger partial charge on any atom is -0.507 e. The number of benzene rings is 1. The highest BCUT2D eigenvalue weighted by molar-refractivity contribution is 9.10. The fourth-order valence-corrected chi connectivity index (χ4v) is 2.11. The van der Waals surface area contributed by atoms with Gasteiger partial charge < -0.3 is 10.9 Å². The van der Waals surface area contributed by atoms with Crippen molar-refractivity contribution in [2.24, 2.45) is 5.10 Å². The highest BCUT2D eigenvalue weighted by Crippen LogP contribution is 2.20. The standard InChI is InChI=1S/C14H17BrN6O2/c1-14(2,3)11-12(23)21(16)13(20-18-11)19-17-7-8-6-9(15)4-5-10(8)22/h4-7,22H,16H2,1-3H3,(H,19,20). The van der Waals surface area contributed by atoms with Gasteiger partial charge in [-0.2, -0.15) is 9.78 Å². The van der Waals surface area contributed by atoms with Gasteiger partial charge in [0.2, 0.25) is 0 Å². The molecule has 122 valence electrons. The van der Waals surface area contributed by atoms with Crippen LogP contribution >= 0.6 is 15.9 Å². The van der Waals surface area contributed by atoms with Gasteiger partial charge in [0.25, 0.3) is 11.5 Å². The third-order valence-electron chi connectivity index (χ3n) is 2.96. The van der Waals surface area contributed by atoms with Crippen LogP contribution in [0.1, 0.15) is 32.0 Å². The van der Waals surface area contributed by atoms with E-state index in [9.17, 15) is 9.90 Å². The highest BCUT2D eigenvalue weighted by Gasteiger charge is 2.22. The zero-order chi connectivity index (χ0) is 17.2. The monoisotopic (exact) mass is 380 g/mol. The first kappa shape index (κ1) is 16.9. The lowest BCUT2D eigenvalue weighted by Gasteiger charge is -2.16. The molecule has 0 radical (unpaired) electrons. The summed E-state index contributed by atoms with van der Waals surface area (Å²) in [5.41, 5.74) is 2.37. The van der Waals surface area contributed by atoms with Crippen molar-refractivity contribution in [3.8, 4) is 5.75 Å². The molecule has 9 heteroatoms. The Labute approximate surface area is 141 Å². The van der Waals surface area contributed by atoms with Crippen LogP contribution in [-0.4, -0.2) is 26.2 Å². The van der Waals surface area contributed by atoms with E-state index < -0.39 is 11.0 Å². The number of nitrogens with two attached hydrogens (primary N) is 1. The van der Waals surface area contributed by atoms with Gasteiger partial charge in [-0.1, -0.05) is 36.7 Å². The van der Waals surface area contributed by atoms with Crippen LogP contribution in [0, 0.1) is 0 Å². The summed E-state index contributed by atoms with van der Waals surface area (Å²) in [5.74, 6) is 5.78. The van der Waals surface area contributed by atoms with Crippen molar-refractivity contribution in [3.05, 3.63) is 44.3 Å². The molecule has 1 aromatic carbocycles. The zero-order valence-corrected chi connectivity index (χ0v) is 14.5. The van der Waals surface area contributed by atoms with Crippen molar-refractivity contribution in [1.29, 1.82) is 0 Å². The largest absolute Gasteiger partial charge is 0.507 e. The quantitative estimate of drug-likeness (QED) is 0.422. The summed E-state index contributed by atoms with van der Waals surface area (Å²) in [4.78, 5) is 12.2. The second kappa shape index (κ2) is 6.37. The van der Waals surface area contributed by atoms with Crippen molar-refractivity contribution >= 4 is 28.1 Å². The van der Waals surface area contributed by atoms with Crippen LogP contribution in [0.5, 0.6) is 5.75 Å². The highest BCUT2D eigenvalue weighted by atomic mass is 79.9. The van der Waals surface area contributed by atoms with Crippen molar-refractivity contribution in [2.45, 2.75) is 26.2 Å². The van der Waals surface area contributed by atoms with E-state index in [1.807, 2.05) is 20.8 Å². The summed E-state index contributed by atoms with van der Waals surface area (Å²) < 4.78 is 1.65. The van der Waals surface area contributed by atoms with Crippen LogP contribution in [0.15, 0.2) is 32.6 Å². The Morgan fingerprint density at radius 1 is 1.39 bits per heavy atom. The summed E-state index contributed by atoms with van der Waals surface area (Å²) in [5, 5.41) is 21.4. The molecule has 0 bridgehead atoms. The first-order valence-electron chi connectivity index (χ1n) is 6.73. The number of rotatable bonds is 3. The SMILES string of the molecule is CC(C)(C)c1nnc(NN=Cc2cc(Br)ccc2O)n(N)c1=O. The van der Waals surface area contributed by atoms with Crippen LogP contribution in [0.25, 0.3) is 0 Å². The molecular formula is C14H17BrN6O2. The lowest BCUT2D eigenvalue weighted by atomic mass is 9.93. The van der Waals surface area contributed by atoms with Crippen LogP contribution < -0.4 is 16.8 Å². The van der Waals surface area contributed by atoms with Crippen LogP contribution in [0.4, 0.5) is 5.95 Å². The Morgan fingerprint density at radius 3 is 2.74 bits per heavy atom. The van der Waals surface area contributed by atoms with Gasteiger partial charge in [0, 0.05) is 15.5 Å². The fourth-order valence-electron chi connectivity index (χ4n) is 1.73. The number of aromatic hydroxyl groups is 1. The lowest BCUT2D eigenvalue weighted by Crippen LogP contribution is -2.38. The number of nitrogen functional groups attached to an aromatic ring is 1. The Hall–Kier alpha value is -2.42. The number of phenols is 1. The van der Waals surface area contributed by atoms with Gasteiger partial charge in [-0.05, 0) is 18.2 Å². The summed E-state index contributed by atoms with van der Waals surface area (Å²) in [6, 6.07) is 4.92. The molecule has 0 aliphatic rings. The first-order valence-corrected chi connectivity index (χ1v) is 7.52. The first-order chi connectivity index (χ1) is 10.7. The van der Waals surface area contributed by atoms with E-state index in [0.717, 1.165) is 9.15 Å². The molecule has 2 aromatic rings. The van der Waals surface area contributed by atoms with E-state index >= 15 is 0 Å². The molecule has 0 spiro atoms. The average Bonchev–Trinajstić information content (AvgIpc) is 2.46. The van der Waals surface area contributed by atoms with Crippen molar-refractivity contribution < 1.29 is 5.11 Å². The number of phenolic OH excluding ortho intramolecular Hbond substituents is 1. The molecule has 0 saturated carbocycles. The summed E-state index contributed by atoms with van der Waals surface area (Å²) >= 11 is 3.30. The maximum Gasteiger partial charge on any atom is 0.295 e. The number of anilines is 1. The molecular weight excluding hydrogens is 364 g/mol. The second-order valence-electron chi connectivity index (χ2n) is 5.87. The molecule has 0 atom stereocenters. The number of hydrazone groups is 1. The average molecular weight is 381 g/mol. The van der Waals surface area contributed by atoms with Crippen molar-refractivity contribution in [3.63, 3.8) is 0 Å². The van der Waals surface area contributed by atoms with Gasteiger partial charge in [0.1, 0.15) is 11.4 Å². The van der Waals surface area contributed by atoms with Gasteiger partial charge in [0.15, 0.2) is 0 Å². The normalized spacial score (nSPS) is 11.8. The van der Waals surface area contributed by atoms with Crippen molar-refractivity contribution in [2.75, 3.05) is 11.3 Å². The third kappa shape index (κ3) is 3.86. The van der Waals surface area contributed by atoms with Crippen molar-refractivity contribution in [1.82, 2.24) is 14.9 Å². The predicted octanol–water partition coefficient (Wildman–Crippen LogP) is 1.56. The fraction of sp³-hybridized carbons (Fsp3) is 0.286. The molecule has 8 nitrogen and oxygen atoms in total. The van der Waals surface area contributed by atoms with Gasteiger partial charge in [0.05, 0.1) is 6.21 Å². The summed E-state index contributed by atoms with van der Waals surface area (Å²) in [6.07, 6.45) is 1.38. The Balaban J connectivity index is 2.25. The maximum atomic E-state index is 12.2. The molecule has 0 aliphatic heterocycles. The number of nitrogens with one attached hydrogen (secondary N) is 1. The number of hydrogen-bond donors (Lipinski definition) is 3. The summed E-state index contributed by atoms with van der Waals surface area (Å²) in [6.45, 7) is 5.54. The molecule has 1 heterocycles. The Morgan fingerprint density at radius 2 is 2.09 bits per heavy atom. The minimum absolute atomic E-state index is 0.00580. The Bertz CT molecular complexity index is 810. The molecule has 0 amide bonds. The van der Waals surface area contributed by atoms with E-state index in [-0.39, 0.29) is 17.4 Å². The molecule has 0 unspecified atom stereocenters. The smallest absolute Gasteiger partial charge is 0.295 e. The van der Waals surface area contributed by atoms with E-state index in [1.165, 1.54) is 12.3 Å². The Kier molecular flexibility index (Phi) is 4.69. The molecule has 0 aliphatic carbocycles. The molecule has 1 aromatic heterocycles. The summed E-state index contributed by atoms with van der Waals surface area (Å²) in [7, 11) is 0. The van der Waals surface area contributed by atoms with E-state index in [4.69, 9.17) is 5.84 Å². The third-order valence-corrected chi connectivity index (χ3v) is 3.46. The lowest BCUT2D eigenvalue weighted by molar-refractivity contribution is 0.474. The van der Waals surface area contributed by atoms with Gasteiger partial charge in [-0.25, -0.2) is 5.43 Å². The number of hydrogen-bond acceptors (Lipinski definition) is 7. The molecule has 23 heavy (non-hydrogen) atoms. The topological polar surface area (TPSA) is 118 Å². The van der Waals surface area contributed by atoms with Crippen LogP contribution in [-0.2, 0) is 5.41 Å². The zero-order valence-electron chi connectivity index (χ0n) is 12.9. The minimum atomic E-state index is -0.463. The number of nitrogens with zero attached hydrogens (tertiary/aromatic N) is 4. The molecule has 0 fully saturated rings. The number of halogens is 1. The van der Waals surface area contributed by atoms with Gasteiger partial charge in [-0.3, -0.25) is 4.79 Å². The van der Waals surface area contributed by atoms with Crippen LogP contribution in [0.2, 0.25) is 0 Å². The van der Waals surface area contributed by atoms with Gasteiger partial charge >= 0.3 is 0 Å². The van der Waals surface area contributed by atoms with E-state index in [2.05, 4.69) is 36.7 Å². The van der Waals surface area contributed by atoms with Gasteiger partial charge in [-0.15, -0.1) is 10.2 Å². The molecule has 0 saturated heterocycles. The predicted molar refractivity (Wildman–Crippen MR) is 92.2 cm³/mol. The second-order valence-corrected chi connectivity index (χ2v) is 6.79. The maximum absolute atomic E-state index is 12.2. The van der Waals surface area contributed by atoms with Crippen LogP contribution in [0.3, 0.4) is 0 Å². The van der Waals surface area contributed by atoms with E-state index in [1.54, 1.807) is 12.1 Å². The molecule has 2 rings (SSSR count). The molecule has 4 N–H and O–H groups in total. The number of aromatic nitrogens is 3. The van der Waals surface area contributed by atoms with E-state index in [0.29, 0.717) is 5.56 Å².